The molecule has 1 aliphatic heterocycles. The average Bonchev–Trinajstić information content (AvgIpc) is 2.73. The van der Waals surface area contributed by atoms with Crippen molar-refractivity contribution in [2.45, 2.75) is 20.0 Å². The fourth-order valence-electron chi connectivity index (χ4n) is 2.85. The summed E-state index contributed by atoms with van der Waals surface area (Å²) in [4.78, 5) is 49.7. The van der Waals surface area contributed by atoms with E-state index >= 15 is 0 Å². The lowest BCUT2D eigenvalue weighted by atomic mass is 10.1. The highest BCUT2D eigenvalue weighted by Crippen LogP contribution is 2.27. The summed E-state index contributed by atoms with van der Waals surface area (Å²) >= 11 is 0. The number of aliphatic carboxylic acids is 1. The van der Waals surface area contributed by atoms with Crippen LogP contribution in [-0.4, -0.2) is 41.6 Å². The number of urea groups is 1. The summed E-state index contributed by atoms with van der Waals surface area (Å²) in [6.07, 6.45) is 0.118. The molecule has 2 aromatic carbocycles. The van der Waals surface area contributed by atoms with Crippen molar-refractivity contribution in [1.82, 2.24) is 5.32 Å². The number of carbonyl (C=O) groups is 4. The number of para-hydroxylation sites is 1. The molecule has 1 heterocycles. The van der Waals surface area contributed by atoms with E-state index in [0.29, 0.717) is 17.9 Å². The molecule has 0 bridgehead atoms. The maximum atomic E-state index is 13.0. The van der Waals surface area contributed by atoms with Crippen LogP contribution in [0.5, 0.6) is 11.5 Å². The molecule has 1 fully saturated rings. The molecule has 0 unspecified atom stereocenters. The van der Waals surface area contributed by atoms with E-state index in [2.05, 4.69) is 5.32 Å². The van der Waals surface area contributed by atoms with E-state index in [-0.39, 0.29) is 17.0 Å². The first-order valence-electron chi connectivity index (χ1n) is 9.44. The van der Waals surface area contributed by atoms with Crippen LogP contribution in [0, 0.1) is 0 Å². The number of ether oxygens (including phenoxy) is 2. The number of hydrogen-bond donors (Lipinski definition) is 2. The van der Waals surface area contributed by atoms with Crippen LogP contribution in [0.1, 0.15) is 19.4 Å². The summed E-state index contributed by atoms with van der Waals surface area (Å²) in [6.45, 7) is 3.65. The number of hydrogen-bond acceptors (Lipinski definition) is 6. The van der Waals surface area contributed by atoms with Gasteiger partial charge in [-0.1, -0.05) is 18.2 Å². The molecule has 1 atom stereocenters. The number of benzene rings is 2. The summed E-state index contributed by atoms with van der Waals surface area (Å²) in [5.41, 5.74) is 0.274. The number of amides is 4. The van der Waals surface area contributed by atoms with Crippen molar-refractivity contribution in [1.29, 1.82) is 0 Å². The Morgan fingerprint density at radius 1 is 1.13 bits per heavy atom. The van der Waals surface area contributed by atoms with Gasteiger partial charge in [-0.3, -0.25) is 14.9 Å². The SMILES string of the molecule is CCOc1ccc(N2C(=O)NC(=O)/C(=C/c3ccccc3O[C@@H](C)C(=O)O)C2=O)cc1. The highest BCUT2D eigenvalue weighted by Gasteiger charge is 2.37. The van der Waals surface area contributed by atoms with Crippen LogP contribution in [-0.2, 0) is 14.4 Å². The number of carbonyl (C=O) groups excluding carboxylic acids is 3. The van der Waals surface area contributed by atoms with Gasteiger partial charge in [-0.05, 0) is 50.3 Å². The lowest BCUT2D eigenvalue weighted by Crippen LogP contribution is -2.54. The van der Waals surface area contributed by atoms with Gasteiger partial charge >= 0.3 is 12.0 Å². The Kier molecular flexibility index (Phi) is 6.35. The second kappa shape index (κ2) is 9.12. The molecular formula is C22H20N2O7. The van der Waals surface area contributed by atoms with Gasteiger partial charge in [-0.25, -0.2) is 14.5 Å². The monoisotopic (exact) mass is 424 g/mol. The molecule has 2 aromatic rings. The summed E-state index contributed by atoms with van der Waals surface area (Å²) < 4.78 is 10.8. The standard InChI is InChI=1S/C22H20N2O7/c1-3-30-16-10-8-15(9-11-16)24-20(26)17(19(25)23-22(24)29)12-14-6-4-5-7-18(14)31-13(2)21(27)28/h4-13H,3H2,1-2H3,(H,27,28)(H,23,25,29)/b17-12-/t13-/m0/s1. The molecule has 0 aliphatic carbocycles. The minimum atomic E-state index is -1.17. The lowest BCUT2D eigenvalue weighted by molar-refractivity contribution is -0.144. The van der Waals surface area contributed by atoms with E-state index in [1.165, 1.54) is 31.2 Å². The molecule has 9 nitrogen and oxygen atoms in total. The summed E-state index contributed by atoms with van der Waals surface area (Å²) in [6, 6.07) is 11.8. The van der Waals surface area contributed by atoms with Gasteiger partial charge in [0.15, 0.2) is 6.10 Å². The van der Waals surface area contributed by atoms with Gasteiger partial charge in [-0.15, -0.1) is 0 Å². The zero-order valence-corrected chi connectivity index (χ0v) is 16.8. The van der Waals surface area contributed by atoms with Gasteiger partial charge in [0.25, 0.3) is 11.8 Å². The third-order valence-electron chi connectivity index (χ3n) is 4.38. The fourth-order valence-corrected chi connectivity index (χ4v) is 2.85. The first-order valence-corrected chi connectivity index (χ1v) is 9.44. The number of carboxylic acids is 1. The number of rotatable bonds is 7. The van der Waals surface area contributed by atoms with Crippen molar-refractivity contribution in [3.63, 3.8) is 0 Å². The maximum absolute atomic E-state index is 13.0. The Labute approximate surface area is 177 Å². The van der Waals surface area contributed by atoms with E-state index in [9.17, 15) is 19.2 Å². The van der Waals surface area contributed by atoms with Crippen molar-refractivity contribution < 1.29 is 33.8 Å². The van der Waals surface area contributed by atoms with Crippen LogP contribution in [0.3, 0.4) is 0 Å². The quantitative estimate of drug-likeness (QED) is 0.517. The van der Waals surface area contributed by atoms with E-state index in [4.69, 9.17) is 14.6 Å². The van der Waals surface area contributed by atoms with Crippen molar-refractivity contribution >= 4 is 35.6 Å². The maximum Gasteiger partial charge on any atom is 0.344 e. The number of nitrogens with one attached hydrogen (secondary N) is 1. The van der Waals surface area contributed by atoms with Crippen LogP contribution in [0.25, 0.3) is 6.08 Å². The van der Waals surface area contributed by atoms with Crippen LogP contribution in [0.2, 0.25) is 0 Å². The summed E-state index contributed by atoms with van der Waals surface area (Å²) in [5, 5.41) is 11.2. The van der Waals surface area contributed by atoms with Crippen LogP contribution >= 0.6 is 0 Å². The third kappa shape index (κ3) is 4.72. The first-order chi connectivity index (χ1) is 14.8. The van der Waals surface area contributed by atoms with Gasteiger partial charge in [0, 0.05) is 5.56 Å². The predicted molar refractivity (Wildman–Crippen MR) is 111 cm³/mol. The Hall–Kier alpha value is -4.14. The topological polar surface area (TPSA) is 122 Å². The second-order valence-corrected chi connectivity index (χ2v) is 6.52. The molecule has 3 rings (SSSR count). The van der Waals surface area contributed by atoms with Gasteiger partial charge in [0.2, 0.25) is 0 Å². The molecule has 1 saturated heterocycles. The number of barbiturate groups is 1. The third-order valence-corrected chi connectivity index (χ3v) is 4.38. The zero-order chi connectivity index (χ0) is 22.5. The largest absolute Gasteiger partial charge is 0.494 e. The highest BCUT2D eigenvalue weighted by molar-refractivity contribution is 6.39. The van der Waals surface area contributed by atoms with Gasteiger partial charge in [-0.2, -0.15) is 0 Å². The lowest BCUT2D eigenvalue weighted by Gasteiger charge is -2.26. The minimum Gasteiger partial charge on any atom is -0.494 e. The number of nitrogens with zero attached hydrogens (tertiary/aromatic N) is 1. The second-order valence-electron chi connectivity index (χ2n) is 6.52. The molecular weight excluding hydrogens is 404 g/mol. The Morgan fingerprint density at radius 2 is 1.81 bits per heavy atom. The normalized spacial score (nSPS) is 16.1. The van der Waals surface area contributed by atoms with Crippen molar-refractivity contribution in [3.05, 3.63) is 59.7 Å². The molecule has 160 valence electrons. The van der Waals surface area contributed by atoms with Crippen molar-refractivity contribution in [3.8, 4) is 11.5 Å². The molecule has 0 saturated carbocycles. The Bertz CT molecular complexity index is 1060. The van der Waals surface area contributed by atoms with Crippen molar-refractivity contribution in [2.24, 2.45) is 0 Å². The van der Waals surface area contributed by atoms with E-state index in [1.54, 1.807) is 30.3 Å². The van der Waals surface area contributed by atoms with Crippen LogP contribution < -0.4 is 19.7 Å². The molecule has 9 heteroatoms. The van der Waals surface area contributed by atoms with Gasteiger partial charge < -0.3 is 14.6 Å². The fraction of sp³-hybridized carbons (Fsp3) is 0.182. The van der Waals surface area contributed by atoms with Crippen molar-refractivity contribution in [2.75, 3.05) is 11.5 Å². The number of anilines is 1. The van der Waals surface area contributed by atoms with Crippen LogP contribution in [0.15, 0.2) is 54.1 Å². The highest BCUT2D eigenvalue weighted by atomic mass is 16.5. The Balaban J connectivity index is 1.95. The number of carboxylic acid groups (broad SMARTS) is 1. The molecule has 0 radical (unpaired) electrons. The van der Waals surface area contributed by atoms with Gasteiger partial charge in [0.1, 0.15) is 17.1 Å². The van der Waals surface area contributed by atoms with Crippen LogP contribution in [0.4, 0.5) is 10.5 Å². The van der Waals surface area contributed by atoms with E-state index in [0.717, 1.165) is 4.90 Å². The summed E-state index contributed by atoms with van der Waals surface area (Å²) in [5.74, 6) is -2.10. The predicted octanol–water partition coefficient (Wildman–Crippen LogP) is 2.60. The zero-order valence-electron chi connectivity index (χ0n) is 16.8. The minimum absolute atomic E-state index is 0.176. The Morgan fingerprint density at radius 3 is 2.45 bits per heavy atom. The van der Waals surface area contributed by atoms with E-state index in [1.807, 2.05) is 6.92 Å². The smallest absolute Gasteiger partial charge is 0.344 e. The molecule has 1 aliphatic rings. The average molecular weight is 424 g/mol. The summed E-state index contributed by atoms with van der Waals surface area (Å²) in [7, 11) is 0. The molecule has 4 amide bonds. The molecule has 31 heavy (non-hydrogen) atoms. The molecule has 0 spiro atoms. The van der Waals surface area contributed by atoms with E-state index < -0.39 is 29.9 Å². The molecule has 2 N–H and O–H groups in total. The molecule has 0 aromatic heterocycles. The van der Waals surface area contributed by atoms with Gasteiger partial charge in [0.05, 0.1) is 12.3 Å². The number of imide groups is 2. The first kappa shape index (κ1) is 21.6.